The van der Waals surface area contributed by atoms with Crippen LogP contribution in [0, 0.1) is 13.8 Å². The predicted octanol–water partition coefficient (Wildman–Crippen LogP) is 7.97. The number of pyridine rings is 1. The van der Waals surface area contributed by atoms with Crippen LogP contribution in [0.2, 0.25) is 0 Å². The van der Waals surface area contributed by atoms with Crippen molar-refractivity contribution < 1.29 is 0 Å². The molecule has 3 aromatic carbocycles. The van der Waals surface area contributed by atoms with E-state index in [0.29, 0.717) is 0 Å². The predicted molar refractivity (Wildman–Crippen MR) is 130 cm³/mol. The van der Waals surface area contributed by atoms with Crippen LogP contribution in [0.15, 0.2) is 60.7 Å². The molecule has 0 spiro atoms. The van der Waals surface area contributed by atoms with Gasteiger partial charge in [-0.15, -0.1) is 0 Å². The number of aryl methyl sites for hydroxylation is 1. The SMILES string of the molecule is Cc1ccc2nc(-c3cccc(-c4ccc(C(C)(C)C)cc4)c3)c(C)c3c2c1C=C3. The lowest BCUT2D eigenvalue weighted by Crippen LogP contribution is -2.10. The van der Waals surface area contributed by atoms with Crippen molar-refractivity contribution >= 4 is 23.1 Å². The lowest BCUT2D eigenvalue weighted by molar-refractivity contribution is 0.590. The van der Waals surface area contributed by atoms with Gasteiger partial charge in [-0.05, 0) is 70.3 Å². The molecule has 1 heterocycles. The molecule has 0 fully saturated rings. The molecule has 1 heteroatoms. The Bertz CT molecular complexity index is 1320. The third kappa shape index (κ3) is 2.97. The molecule has 0 aliphatic heterocycles. The fraction of sp³-hybridized carbons (Fsp3) is 0.207. The molecular formula is C29H27N. The topological polar surface area (TPSA) is 12.9 Å². The molecule has 1 aliphatic carbocycles. The molecule has 1 nitrogen and oxygen atoms in total. The highest BCUT2D eigenvalue weighted by Crippen LogP contribution is 2.38. The van der Waals surface area contributed by atoms with Crippen molar-refractivity contribution in [2.24, 2.45) is 0 Å². The van der Waals surface area contributed by atoms with Crippen molar-refractivity contribution in [2.45, 2.75) is 40.0 Å². The summed E-state index contributed by atoms with van der Waals surface area (Å²) >= 11 is 0. The zero-order chi connectivity index (χ0) is 21.0. The Morgan fingerprint density at radius 1 is 0.700 bits per heavy atom. The first-order valence-corrected chi connectivity index (χ1v) is 10.7. The molecule has 0 unspecified atom stereocenters. The molecule has 30 heavy (non-hydrogen) atoms. The molecule has 4 aromatic rings. The van der Waals surface area contributed by atoms with E-state index in [1.807, 2.05) is 0 Å². The van der Waals surface area contributed by atoms with Crippen molar-refractivity contribution in [3.63, 3.8) is 0 Å². The average molecular weight is 390 g/mol. The first kappa shape index (κ1) is 18.8. The van der Waals surface area contributed by atoms with E-state index in [9.17, 15) is 0 Å². The highest BCUT2D eigenvalue weighted by Gasteiger charge is 2.18. The maximum atomic E-state index is 5.09. The largest absolute Gasteiger partial charge is 0.247 e. The van der Waals surface area contributed by atoms with Gasteiger partial charge in [-0.25, -0.2) is 4.98 Å². The van der Waals surface area contributed by atoms with E-state index in [1.54, 1.807) is 0 Å². The minimum atomic E-state index is 0.167. The van der Waals surface area contributed by atoms with E-state index >= 15 is 0 Å². The number of hydrogen-bond acceptors (Lipinski definition) is 1. The lowest BCUT2D eigenvalue weighted by Gasteiger charge is -2.19. The van der Waals surface area contributed by atoms with Gasteiger partial charge in [-0.3, -0.25) is 0 Å². The summed E-state index contributed by atoms with van der Waals surface area (Å²) in [7, 11) is 0. The fourth-order valence-electron chi connectivity index (χ4n) is 4.49. The second-order valence-electron chi connectivity index (χ2n) is 9.43. The summed E-state index contributed by atoms with van der Waals surface area (Å²) in [4.78, 5) is 5.09. The summed E-state index contributed by atoms with van der Waals surface area (Å²) < 4.78 is 0. The van der Waals surface area contributed by atoms with Gasteiger partial charge in [0, 0.05) is 10.9 Å². The van der Waals surface area contributed by atoms with Crippen molar-refractivity contribution in [3.8, 4) is 22.4 Å². The van der Waals surface area contributed by atoms with Crippen LogP contribution in [0.5, 0.6) is 0 Å². The van der Waals surface area contributed by atoms with Crippen molar-refractivity contribution in [3.05, 3.63) is 88.5 Å². The summed E-state index contributed by atoms with van der Waals surface area (Å²) in [5.74, 6) is 0. The standard InChI is InChI=1S/C29H27N/c1-18-9-16-26-27-24(18)14-15-25(27)19(2)28(30-26)22-8-6-7-21(17-22)20-10-12-23(13-11-20)29(3,4)5/h6-17H,1-5H3. The van der Waals surface area contributed by atoms with Gasteiger partial charge in [0.05, 0.1) is 11.2 Å². The Kier molecular flexibility index (Phi) is 4.18. The Morgan fingerprint density at radius 2 is 1.40 bits per heavy atom. The normalized spacial score (nSPS) is 12.7. The Morgan fingerprint density at radius 3 is 2.13 bits per heavy atom. The fourth-order valence-corrected chi connectivity index (χ4v) is 4.49. The monoisotopic (exact) mass is 389 g/mol. The molecular weight excluding hydrogens is 362 g/mol. The van der Waals surface area contributed by atoms with Crippen molar-refractivity contribution in [1.29, 1.82) is 0 Å². The summed E-state index contributed by atoms with van der Waals surface area (Å²) in [6.45, 7) is 11.1. The van der Waals surface area contributed by atoms with Crippen molar-refractivity contribution in [1.82, 2.24) is 4.98 Å². The second kappa shape index (κ2) is 6.67. The van der Waals surface area contributed by atoms with Gasteiger partial charge in [0.25, 0.3) is 0 Å². The molecule has 0 saturated heterocycles. The number of hydrogen-bond donors (Lipinski definition) is 0. The first-order chi connectivity index (χ1) is 14.3. The van der Waals surface area contributed by atoms with Crippen LogP contribution in [-0.2, 0) is 5.41 Å². The molecule has 0 N–H and O–H groups in total. The molecule has 0 bridgehead atoms. The van der Waals surface area contributed by atoms with Crippen LogP contribution in [0.1, 0.15) is 48.6 Å². The van der Waals surface area contributed by atoms with E-state index in [1.165, 1.54) is 49.9 Å². The molecule has 1 aliphatic rings. The second-order valence-corrected chi connectivity index (χ2v) is 9.43. The molecule has 0 atom stereocenters. The minimum absolute atomic E-state index is 0.167. The molecule has 0 radical (unpaired) electrons. The highest BCUT2D eigenvalue weighted by atomic mass is 14.7. The summed E-state index contributed by atoms with van der Waals surface area (Å²) in [5.41, 5.74) is 12.5. The zero-order valence-corrected chi connectivity index (χ0v) is 18.4. The van der Waals surface area contributed by atoms with E-state index < -0.39 is 0 Å². The maximum Gasteiger partial charge on any atom is 0.0745 e. The van der Waals surface area contributed by atoms with Crippen LogP contribution in [0.3, 0.4) is 0 Å². The van der Waals surface area contributed by atoms with E-state index in [2.05, 4.69) is 107 Å². The molecule has 5 rings (SSSR count). The summed E-state index contributed by atoms with van der Waals surface area (Å²) in [6, 6.07) is 22.1. The molecule has 0 saturated carbocycles. The summed E-state index contributed by atoms with van der Waals surface area (Å²) in [6.07, 6.45) is 4.49. The van der Waals surface area contributed by atoms with Crippen molar-refractivity contribution in [2.75, 3.05) is 0 Å². The van der Waals surface area contributed by atoms with E-state index in [0.717, 1.165) is 11.2 Å². The number of rotatable bonds is 2. The van der Waals surface area contributed by atoms with Crippen LogP contribution < -0.4 is 0 Å². The van der Waals surface area contributed by atoms with Gasteiger partial charge in [0.1, 0.15) is 0 Å². The highest BCUT2D eigenvalue weighted by molar-refractivity contribution is 6.06. The van der Waals surface area contributed by atoms with Gasteiger partial charge in [-0.2, -0.15) is 0 Å². The van der Waals surface area contributed by atoms with Gasteiger partial charge < -0.3 is 0 Å². The summed E-state index contributed by atoms with van der Waals surface area (Å²) in [5, 5.41) is 1.30. The molecule has 0 amide bonds. The molecule has 148 valence electrons. The number of benzene rings is 3. The first-order valence-electron chi connectivity index (χ1n) is 10.7. The number of aromatic nitrogens is 1. The average Bonchev–Trinajstić information content (AvgIpc) is 3.19. The minimum Gasteiger partial charge on any atom is -0.247 e. The van der Waals surface area contributed by atoms with Gasteiger partial charge in [0.15, 0.2) is 0 Å². The third-order valence-corrected chi connectivity index (χ3v) is 6.34. The van der Waals surface area contributed by atoms with E-state index in [-0.39, 0.29) is 5.41 Å². The quantitative estimate of drug-likeness (QED) is 0.298. The molecule has 1 aromatic heterocycles. The Balaban J connectivity index is 1.62. The van der Waals surface area contributed by atoms with Gasteiger partial charge >= 0.3 is 0 Å². The van der Waals surface area contributed by atoms with Crippen LogP contribution in [0.4, 0.5) is 0 Å². The Labute approximate surface area is 179 Å². The lowest BCUT2D eigenvalue weighted by atomic mass is 9.86. The van der Waals surface area contributed by atoms with Crippen LogP contribution >= 0.6 is 0 Å². The maximum absolute atomic E-state index is 5.09. The number of nitrogens with zero attached hydrogens (tertiary/aromatic N) is 1. The van der Waals surface area contributed by atoms with Gasteiger partial charge in [-0.1, -0.05) is 81.5 Å². The zero-order valence-electron chi connectivity index (χ0n) is 18.4. The Hall–Kier alpha value is -3.19. The third-order valence-electron chi connectivity index (χ3n) is 6.34. The van der Waals surface area contributed by atoms with E-state index in [4.69, 9.17) is 4.98 Å². The van der Waals surface area contributed by atoms with Crippen LogP contribution in [-0.4, -0.2) is 4.98 Å². The van der Waals surface area contributed by atoms with Gasteiger partial charge in [0.2, 0.25) is 0 Å². The van der Waals surface area contributed by atoms with Crippen LogP contribution in [0.25, 0.3) is 45.4 Å². The smallest absolute Gasteiger partial charge is 0.0745 e.